The molecule has 0 fully saturated rings. The maximum atomic E-state index is 5.71. The Balaban J connectivity index is 1.77. The number of anilines is 1. The van der Waals surface area contributed by atoms with Gasteiger partial charge in [-0.15, -0.1) is 0 Å². The zero-order chi connectivity index (χ0) is 16.6. The molecular weight excluding hydrogens is 282 g/mol. The lowest BCUT2D eigenvalue weighted by atomic mass is 10.0. The number of benzene rings is 1. The van der Waals surface area contributed by atoms with E-state index >= 15 is 0 Å². The molecule has 1 rings (SSSR count). The van der Waals surface area contributed by atoms with Crippen LogP contribution in [0.5, 0.6) is 5.75 Å². The van der Waals surface area contributed by atoms with Crippen molar-refractivity contribution in [2.75, 3.05) is 12.3 Å². The van der Waals surface area contributed by atoms with Crippen LogP contribution in [0.4, 0.5) is 5.69 Å². The van der Waals surface area contributed by atoms with Crippen molar-refractivity contribution in [2.24, 2.45) is 0 Å². The number of nitrogen functional groups attached to an aromatic ring is 1. The summed E-state index contributed by atoms with van der Waals surface area (Å²) >= 11 is 0. The van der Waals surface area contributed by atoms with Crippen molar-refractivity contribution in [3.63, 3.8) is 0 Å². The molecule has 0 amide bonds. The smallest absolute Gasteiger partial charge is 0.119 e. The summed E-state index contributed by atoms with van der Waals surface area (Å²) in [5.74, 6) is 0.929. The molecular formula is C21H37NO. The van der Waals surface area contributed by atoms with Gasteiger partial charge in [0.15, 0.2) is 0 Å². The van der Waals surface area contributed by atoms with Crippen molar-refractivity contribution in [1.29, 1.82) is 0 Å². The van der Waals surface area contributed by atoms with Crippen molar-refractivity contribution in [3.8, 4) is 5.75 Å². The lowest BCUT2D eigenvalue weighted by molar-refractivity contribution is 0.304. The average Bonchev–Trinajstić information content (AvgIpc) is 2.57. The summed E-state index contributed by atoms with van der Waals surface area (Å²) in [6, 6.07) is 7.66. The summed E-state index contributed by atoms with van der Waals surface area (Å²) in [7, 11) is 0. The second kappa shape index (κ2) is 14.4. The van der Waals surface area contributed by atoms with Crippen molar-refractivity contribution in [2.45, 2.75) is 90.4 Å². The van der Waals surface area contributed by atoms with E-state index in [9.17, 15) is 0 Å². The van der Waals surface area contributed by atoms with Gasteiger partial charge in [0.05, 0.1) is 6.61 Å². The van der Waals surface area contributed by atoms with E-state index in [1.807, 2.05) is 24.3 Å². The van der Waals surface area contributed by atoms with Gasteiger partial charge in [-0.05, 0) is 30.7 Å². The second-order valence-electron chi connectivity index (χ2n) is 6.66. The summed E-state index contributed by atoms with van der Waals surface area (Å²) in [6.07, 6.45) is 18.0. The fourth-order valence-corrected chi connectivity index (χ4v) is 2.87. The van der Waals surface area contributed by atoms with Gasteiger partial charge in [-0.25, -0.2) is 0 Å². The first-order valence-corrected chi connectivity index (χ1v) is 9.81. The van der Waals surface area contributed by atoms with E-state index in [-0.39, 0.29) is 0 Å². The Morgan fingerprint density at radius 2 is 1.09 bits per heavy atom. The molecule has 0 aliphatic heterocycles. The quantitative estimate of drug-likeness (QED) is 0.287. The largest absolute Gasteiger partial charge is 0.494 e. The van der Waals surface area contributed by atoms with Crippen molar-refractivity contribution < 1.29 is 4.74 Å². The third-order valence-corrected chi connectivity index (χ3v) is 4.40. The number of rotatable bonds is 15. The van der Waals surface area contributed by atoms with Crippen molar-refractivity contribution >= 4 is 5.69 Å². The van der Waals surface area contributed by atoms with Crippen LogP contribution in [0.2, 0.25) is 0 Å². The molecule has 23 heavy (non-hydrogen) atoms. The van der Waals surface area contributed by atoms with Crippen molar-refractivity contribution in [1.82, 2.24) is 0 Å². The summed E-state index contributed by atoms with van der Waals surface area (Å²) < 4.78 is 5.71. The molecule has 0 saturated heterocycles. The predicted molar refractivity (Wildman–Crippen MR) is 102 cm³/mol. The molecule has 0 aromatic heterocycles. The molecule has 0 heterocycles. The zero-order valence-corrected chi connectivity index (χ0v) is 15.2. The monoisotopic (exact) mass is 319 g/mol. The van der Waals surface area contributed by atoms with E-state index in [1.54, 1.807) is 0 Å². The Labute approximate surface area is 143 Å². The Morgan fingerprint density at radius 3 is 1.57 bits per heavy atom. The summed E-state index contributed by atoms with van der Waals surface area (Å²) in [4.78, 5) is 0. The van der Waals surface area contributed by atoms with Crippen molar-refractivity contribution in [3.05, 3.63) is 24.3 Å². The highest BCUT2D eigenvalue weighted by molar-refractivity contribution is 5.41. The van der Waals surface area contributed by atoms with Crippen LogP contribution >= 0.6 is 0 Å². The number of nitrogens with two attached hydrogens (primary N) is 1. The lowest BCUT2D eigenvalue weighted by Gasteiger charge is -2.06. The molecule has 132 valence electrons. The summed E-state index contributed by atoms with van der Waals surface area (Å²) in [5.41, 5.74) is 6.44. The molecule has 2 heteroatoms. The van der Waals surface area contributed by atoms with Gasteiger partial charge in [0.2, 0.25) is 0 Å². The number of hydrogen-bond acceptors (Lipinski definition) is 2. The fourth-order valence-electron chi connectivity index (χ4n) is 2.87. The molecule has 1 aromatic carbocycles. The van der Waals surface area contributed by atoms with Gasteiger partial charge in [-0.3, -0.25) is 0 Å². The fraction of sp³-hybridized carbons (Fsp3) is 0.714. The van der Waals surface area contributed by atoms with Gasteiger partial charge in [-0.1, -0.05) is 84.0 Å². The van der Waals surface area contributed by atoms with Crippen LogP contribution in [0.25, 0.3) is 0 Å². The lowest BCUT2D eigenvalue weighted by Crippen LogP contribution is -1.97. The highest BCUT2D eigenvalue weighted by atomic mass is 16.5. The van der Waals surface area contributed by atoms with Crippen LogP contribution in [0.15, 0.2) is 24.3 Å². The number of ether oxygens (including phenoxy) is 1. The minimum Gasteiger partial charge on any atom is -0.494 e. The van der Waals surface area contributed by atoms with Crippen LogP contribution in [0, 0.1) is 0 Å². The van der Waals surface area contributed by atoms with Crippen LogP contribution in [0.3, 0.4) is 0 Å². The second-order valence-corrected chi connectivity index (χ2v) is 6.66. The molecule has 0 atom stereocenters. The first-order chi connectivity index (χ1) is 11.3. The third-order valence-electron chi connectivity index (χ3n) is 4.40. The molecule has 0 spiro atoms. The van der Waals surface area contributed by atoms with E-state index in [0.29, 0.717) is 0 Å². The molecule has 0 saturated carbocycles. The van der Waals surface area contributed by atoms with E-state index in [0.717, 1.165) is 24.5 Å². The van der Waals surface area contributed by atoms with Crippen LogP contribution in [0.1, 0.15) is 90.4 Å². The Hall–Kier alpha value is -1.18. The Kier molecular flexibility index (Phi) is 12.5. The predicted octanol–water partition coefficient (Wildman–Crippen LogP) is 6.74. The standard InChI is InChI=1S/C21H37NO/c1-2-3-4-5-6-7-8-9-10-11-12-13-14-19-23-21-17-15-20(22)16-18-21/h15-18H,2-14,19,22H2,1H3. The molecule has 2 N–H and O–H groups in total. The van der Waals surface area contributed by atoms with Crippen LogP contribution < -0.4 is 10.5 Å². The van der Waals surface area contributed by atoms with Gasteiger partial charge in [0.25, 0.3) is 0 Å². The van der Waals surface area contributed by atoms with E-state index in [1.165, 1.54) is 77.0 Å². The highest BCUT2D eigenvalue weighted by Gasteiger charge is 1.95. The number of hydrogen-bond donors (Lipinski definition) is 1. The van der Waals surface area contributed by atoms with Gasteiger partial charge in [-0.2, -0.15) is 0 Å². The van der Waals surface area contributed by atoms with Gasteiger partial charge >= 0.3 is 0 Å². The van der Waals surface area contributed by atoms with Gasteiger partial charge in [0, 0.05) is 5.69 Å². The Bertz CT molecular complexity index is 361. The zero-order valence-electron chi connectivity index (χ0n) is 15.2. The highest BCUT2D eigenvalue weighted by Crippen LogP contribution is 2.15. The van der Waals surface area contributed by atoms with E-state index < -0.39 is 0 Å². The number of unbranched alkanes of at least 4 members (excludes halogenated alkanes) is 12. The maximum absolute atomic E-state index is 5.71. The summed E-state index contributed by atoms with van der Waals surface area (Å²) in [6.45, 7) is 3.10. The molecule has 1 aromatic rings. The minimum atomic E-state index is 0.790. The van der Waals surface area contributed by atoms with E-state index in [2.05, 4.69) is 6.92 Å². The Morgan fingerprint density at radius 1 is 0.652 bits per heavy atom. The first kappa shape index (κ1) is 19.9. The molecule has 2 nitrogen and oxygen atoms in total. The maximum Gasteiger partial charge on any atom is 0.119 e. The minimum absolute atomic E-state index is 0.790. The summed E-state index contributed by atoms with van der Waals surface area (Å²) in [5, 5.41) is 0. The average molecular weight is 320 g/mol. The molecule has 0 bridgehead atoms. The third kappa shape index (κ3) is 12.0. The topological polar surface area (TPSA) is 35.2 Å². The molecule has 0 aliphatic carbocycles. The first-order valence-electron chi connectivity index (χ1n) is 9.81. The van der Waals surface area contributed by atoms with Crippen LogP contribution in [-0.4, -0.2) is 6.61 Å². The van der Waals surface area contributed by atoms with E-state index in [4.69, 9.17) is 10.5 Å². The molecule has 0 unspecified atom stereocenters. The SMILES string of the molecule is CCCCCCCCCCCCCCCOc1ccc(N)cc1. The normalized spacial score (nSPS) is 10.8. The van der Waals surface area contributed by atoms with Crippen LogP contribution in [-0.2, 0) is 0 Å². The molecule has 0 aliphatic rings. The van der Waals surface area contributed by atoms with Gasteiger partial charge in [0.1, 0.15) is 5.75 Å². The van der Waals surface area contributed by atoms with Gasteiger partial charge < -0.3 is 10.5 Å². The molecule has 0 radical (unpaired) electrons.